The topological polar surface area (TPSA) is 83.2 Å². The third kappa shape index (κ3) is 3.62. The van der Waals surface area contributed by atoms with Crippen LogP contribution in [0.3, 0.4) is 0 Å². The predicted octanol–water partition coefficient (Wildman–Crippen LogP) is 0.559. The maximum atomic E-state index is 5.92. The molecule has 1 rings (SSSR count). The molecule has 6 nitrogen and oxygen atoms in total. The molecule has 0 fully saturated rings. The van der Waals surface area contributed by atoms with Gasteiger partial charge in [-0.1, -0.05) is 13.3 Å². The molecule has 2 N–H and O–H groups in total. The third-order valence-electron chi connectivity index (χ3n) is 2.11. The molecule has 0 radical (unpaired) electrons. The number of ether oxygens (including phenoxy) is 2. The van der Waals surface area contributed by atoms with Gasteiger partial charge in [-0.05, 0) is 6.42 Å². The monoisotopic (exact) mass is 226 g/mol. The Morgan fingerprint density at radius 1 is 1.12 bits per heavy atom. The number of aromatic nitrogens is 3. The number of nitrogens with zero attached hydrogens (tertiary/aromatic N) is 3. The Hall–Kier alpha value is -1.43. The summed E-state index contributed by atoms with van der Waals surface area (Å²) in [6.07, 6.45) is 2.58. The number of methoxy groups -OCH3 is 2. The zero-order valence-corrected chi connectivity index (χ0v) is 9.93. The molecular weight excluding hydrogens is 208 g/mol. The van der Waals surface area contributed by atoms with E-state index in [0.29, 0.717) is 12.2 Å². The first-order chi connectivity index (χ1) is 7.69. The minimum Gasteiger partial charge on any atom is -0.467 e. The van der Waals surface area contributed by atoms with Crippen LogP contribution in [0, 0.1) is 0 Å². The lowest BCUT2D eigenvalue weighted by Crippen LogP contribution is -2.23. The van der Waals surface area contributed by atoms with Gasteiger partial charge >= 0.3 is 12.0 Å². The first kappa shape index (κ1) is 12.6. The molecule has 0 saturated carbocycles. The molecule has 90 valence electrons. The van der Waals surface area contributed by atoms with Gasteiger partial charge in [0.15, 0.2) is 0 Å². The molecule has 1 heterocycles. The maximum absolute atomic E-state index is 5.92. The lowest BCUT2D eigenvalue weighted by atomic mass is 10.1. The molecule has 0 amide bonds. The van der Waals surface area contributed by atoms with Gasteiger partial charge in [-0.25, -0.2) is 0 Å². The highest BCUT2D eigenvalue weighted by atomic mass is 16.5. The second-order valence-electron chi connectivity index (χ2n) is 3.48. The average molecular weight is 226 g/mol. The third-order valence-corrected chi connectivity index (χ3v) is 2.11. The fourth-order valence-electron chi connectivity index (χ4n) is 1.36. The Morgan fingerprint density at radius 2 is 1.69 bits per heavy atom. The van der Waals surface area contributed by atoms with Gasteiger partial charge in [0.05, 0.1) is 14.2 Å². The zero-order valence-electron chi connectivity index (χ0n) is 9.93. The van der Waals surface area contributed by atoms with E-state index in [4.69, 9.17) is 15.2 Å². The van der Waals surface area contributed by atoms with E-state index in [1.165, 1.54) is 14.2 Å². The first-order valence-corrected chi connectivity index (χ1v) is 5.28. The molecule has 1 aromatic heterocycles. The minimum absolute atomic E-state index is 0.0572. The van der Waals surface area contributed by atoms with Crippen LogP contribution in [0.5, 0.6) is 12.0 Å². The van der Waals surface area contributed by atoms with Crippen molar-refractivity contribution < 1.29 is 9.47 Å². The molecule has 0 aliphatic rings. The van der Waals surface area contributed by atoms with Crippen LogP contribution in [0.4, 0.5) is 0 Å². The Morgan fingerprint density at radius 3 is 2.12 bits per heavy atom. The Bertz CT molecular complexity index is 310. The largest absolute Gasteiger partial charge is 0.467 e. The van der Waals surface area contributed by atoms with E-state index in [0.717, 1.165) is 12.8 Å². The molecule has 0 saturated heterocycles. The summed E-state index contributed by atoms with van der Waals surface area (Å²) in [5, 5.41) is 0. The van der Waals surface area contributed by atoms with Gasteiger partial charge in [-0.15, -0.1) is 4.98 Å². The molecule has 0 aliphatic heterocycles. The van der Waals surface area contributed by atoms with E-state index >= 15 is 0 Å². The van der Waals surface area contributed by atoms with Gasteiger partial charge in [-0.2, -0.15) is 9.97 Å². The SMILES string of the molecule is CCCC(N)Cc1nc(OC)nc(OC)n1. The van der Waals surface area contributed by atoms with Crippen LogP contribution in [0.15, 0.2) is 0 Å². The summed E-state index contributed by atoms with van der Waals surface area (Å²) in [6, 6.07) is 0.568. The summed E-state index contributed by atoms with van der Waals surface area (Å²) in [5.41, 5.74) is 5.92. The molecule has 1 atom stereocenters. The summed E-state index contributed by atoms with van der Waals surface area (Å²) in [7, 11) is 3.01. The van der Waals surface area contributed by atoms with Crippen LogP contribution in [-0.2, 0) is 6.42 Å². The summed E-state index contributed by atoms with van der Waals surface area (Å²) < 4.78 is 9.91. The van der Waals surface area contributed by atoms with Crippen molar-refractivity contribution in [3.63, 3.8) is 0 Å². The number of hydrogen-bond donors (Lipinski definition) is 1. The van der Waals surface area contributed by atoms with Crippen LogP contribution in [0.1, 0.15) is 25.6 Å². The minimum atomic E-state index is 0.0572. The summed E-state index contributed by atoms with van der Waals surface area (Å²) in [4.78, 5) is 12.2. The van der Waals surface area contributed by atoms with Gasteiger partial charge in [0.25, 0.3) is 0 Å². The zero-order chi connectivity index (χ0) is 12.0. The quantitative estimate of drug-likeness (QED) is 0.763. The molecule has 0 bridgehead atoms. The van der Waals surface area contributed by atoms with Crippen molar-refractivity contribution in [2.75, 3.05) is 14.2 Å². The molecule has 6 heteroatoms. The Kier molecular flexibility index (Phi) is 4.91. The lowest BCUT2D eigenvalue weighted by Gasteiger charge is -2.09. The Labute approximate surface area is 95.2 Å². The van der Waals surface area contributed by atoms with Crippen LogP contribution in [0.2, 0.25) is 0 Å². The van der Waals surface area contributed by atoms with Crippen LogP contribution in [0.25, 0.3) is 0 Å². The summed E-state index contributed by atoms with van der Waals surface area (Å²) in [5.74, 6) is 0.602. The fraction of sp³-hybridized carbons (Fsp3) is 0.700. The van der Waals surface area contributed by atoms with Crippen LogP contribution in [-0.4, -0.2) is 35.2 Å². The molecule has 1 aromatic rings. The van der Waals surface area contributed by atoms with Crippen molar-refractivity contribution in [3.05, 3.63) is 5.82 Å². The number of nitrogens with two attached hydrogens (primary N) is 1. The van der Waals surface area contributed by atoms with Gasteiger partial charge in [-0.3, -0.25) is 0 Å². The van der Waals surface area contributed by atoms with E-state index in [1.54, 1.807) is 0 Å². The highest BCUT2D eigenvalue weighted by molar-refractivity contribution is 5.06. The smallest absolute Gasteiger partial charge is 0.322 e. The van der Waals surface area contributed by atoms with E-state index in [-0.39, 0.29) is 18.1 Å². The Balaban J connectivity index is 2.78. The number of hydrogen-bond acceptors (Lipinski definition) is 6. The standard InChI is InChI=1S/C10H18N4O2/c1-4-5-7(11)6-8-12-9(15-2)14-10(13-8)16-3/h7H,4-6,11H2,1-3H3. The molecule has 1 unspecified atom stereocenters. The first-order valence-electron chi connectivity index (χ1n) is 5.28. The second kappa shape index (κ2) is 6.22. The second-order valence-corrected chi connectivity index (χ2v) is 3.48. The van der Waals surface area contributed by atoms with E-state index in [2.05, 4.69) is 21.9 Å². The highest BCUT2D eigenvalue weighted by Crippen LogP contribution is 2.10. The molecule has 0 aromatic carbocycles. The van der Waals surface area contributed by atoms with Gasteiger partial charge in [0.2, 0.25) is 0 Å². The molecule has 0 spiro atoms. The molecular formula is C10H18N4O2. The fourth-order valence-corrected chi connectivity index (χ4v) is 1.36. The number of rotatable bonds is 6. The maximum Gasteiger partial charge on any atom is 0.322 e. The normalized spacial score (nSPS) is 12.2. The predicted molar refractivity (Wildman–Crippen MR) is 59.5 cm³/mol. The van der Waals surface area contributed by atoms with Crippen molar-refractivity contribution in [1.29, 1.82) is 0 Å². The van der Waals surface area contributed by atoms with Crippen molar-refractivity contribution >= 4 is 0 Å². The molecule has 16 heavy (non-hydrogen) atoms. The van der Waals surface area contributed by atoms with E-state index in [9.17, 15) is 0 Å². The van der Waals surface area contributed by atoms with Gasteiger partial charge in [0.1, 0.15) is 5.82 Å². The van der Waals surface area contributed by atoms with Gasteiger partial charge in [0, 0.05) is 12.5 Å². The summed E-state index contributed by atoms with van der Waals surface area (Å²) >= 11 is 0. The van der Waals surface area contributed by atoms with Gasteiger partial charge < -0.3 is 15.2 Å². The van der Waals surface area contributed by atoms with Crippen molar-refractivity contribution in [2.24, 2.45) is 5.73 Å². The van der Waals surface area contributed by atoms with Crippen molar-refractivity contribution in [3.8, 4) is 12.0 Å². The summed E-state index contributed by atoms with van der Waals surface area (Å²) in [6.45, 7) is 2.09. The molecule has 0 aliphatic carbocycles. The highest BCUT2D eigenvalue weighted by Gasteiger charge is 2.10. The van der Waals surface area contributed by atoms with E-state index < -0.39 is 0 Å². The van der Waals surface area contributed by atoms with Crippen LogP contribution >= 0.6 is 0 Å². The van der Waals surface area contributed by atoms with Crippen molar-refractivity contribution in [1.82, 2.24) is 15.0 Å². The average Bonchev–Trinajstić information content (AvgIpc) is 2.28. The lowest BCUT2D eigenvalue weighted by molar-refractivity contribution is 0.335. The van der Waals surface area contributed by atoms with E-state index in [1.807, 2.05) is 0 Å². The van der Waals surface area contributed by atoms with Crippen LogP contribution < -0.4 is 15.2 Å². The van der Waals surface area contributed by atoms with Crippen molar-refractivity contribution in [2.45, 2.75) is 32.2 Å².